The van der Waals surface area contributed by atoms with Crippen LogP contribution in [0.4, 0.5) is 18.9 Å². The zero-order chi connectivity index (χ0) is 11.6. The van der Waals surface area contributed by atoms with Gasteiger partial charge in [-0.2, -0.15) is 0 Å². The Hall–Kier alpha value is -1.50. The van der Waals surface area contributed by atoms with Crippen molar-refractivity contribution in [3.63, 3.8) is 0 Å². The molecule has 1 rings (SSSR count). The molecule has 1 aromatic heterocycles. The molecule has 0 radical (unpaired) electrons. The standard InChI is InChI=1S/C8H10F3N3O/c1-4-7(15-8(9,10)11)5(2-12)6(13)3-14-4/h3H,2,12-13H2,1H3. The first-order valence-corrected chi connectivity index (χ1v) is 4.05. The van der Waals surface area contributed by atoms with Crippen LogP contribution in [-0.2, 0) is 6.54 Å². The average molecular weight is 221 g/mol. The summed E-state index contributed by atoms with van der Waals surface area (Å²) in [6.45, 7) is 1.25. The van der Waals surface area contributed by atoms with Crippen LogP contribution in [0.1, 0.15) is 11.3 Å². The molecule has 0 saturated carbocycles. The van der Waals surface area contributed by atoms with Gasteiger partial charge in [0.15, 0.2) is 5.75 Å². The Balaban J connectivity index is 3.20. The lowest BCUT2D eigenvalue weighted by molar-refractivity contribution is -0.275. The third-order valence-corrected chi connectivity index (χ3v) is 1.77. The molecule has 1 aromatic rings. The lowest BCUT2D eigenvalue weighted by Gasteiger charge is -2.15. The van der Waals surface area contributed by atoms with E-state index in [9.17, 15) is 13.2 Å². The quantitative estimate of drug-likeness (QED) is 0.790. The van der Waals surface area contributed by atoms with Gasteiger partial charge in [-0.25, -0.2) is 0 Å². The summed E-state index contributed by atoms with van der Waals surface area (Å²) in [5.74, 6) is -0.412. The van der Waals surface area contributed by atoms with Crippen LogP contribution in [0, 0.1) is 6.92 Å². The molecular formula is C8H10F3N3O. The topological polar surface area (TPSA) is 74.2 Å². The van der Waals surface area contributed by atoms with E-state index in [1.54, 1.807) is 0 Å². The summed E-state index contributed by atoms with van der Waals surface area (Å²) in [7, 11) is 0. The van der Waals surface area contributed by atoms with Gasteiger partial charge < -0.3 is 16.2 Å². The predicted molar refractivity (Wildman–Crippen MR) is 48.0 cm³/mol. The van der Waals surface area contributed by atoms with Gasteiger partial charge >= 0.3 is 6.36 Å². The number of hydrogen-bond acceptors (Lipinski definition) is 4. The Morgan fingerprint density at radius 3 is 2.53 bits per heavy atom. The number of rotatable bonds is 2. The van der Waals surface area contributed by atoms with Crippen molar-refractivity contribution in [2.45, 2.75) is 19.8 Å². The summed E-state index contributed by atoms with van der Waals surface area (Å²) in [6, 6.07) is 0. The molecule has 0 fully saturated rings. The summed E-state index contributed by atoms with van der Waals surface area (Å²) in [5, 5.41) is 0. The van der Waals surface area contributed by atoms with Crippen LogP contribution in [0.2, 0.25) is 0 Å². The van der Waals surface area contributed by atoms with Gasteiger partial charge in [0, 0.05) is 12.1 Å². The Kier molecular flexibility index (Phi) is 3.04. The maximum atomic E-state index is 12.0. The van der Waals surface area contributed by atoms with Crippen molar-refractivity contribution < 1.29 is 17.9 Å². The van der Waals surface area contributed by atoms with E-state index in [2.05, 4.69) is 9.72 Å². The van der Waals surface area contributed by atoms with Crippen molar-refractivity contribution in [2.24, 2.45) is 5.73 Å². The first-order valence-electron chi connectivity index (χ1n) is 4.05. The highest BCUT2D eigenvalue weighted by Gasteiger charge is 2.33. The molecule has 1 heterocycles. The fourth-order valence-corrected chi connectivity index (χ4v) is 1.11. The number of nitrogens with two attached hydrogens (primary N) is 2. The maximum absolute atomic E-state index is 12.0. The lowest BCUT2D eigenvalue weighted by atomic mass is 10.2. The molecule has 4 nitrogen and oxygen atoms in total. The average Bonchev–Trinajstić information content (AvgIpc) is 2.10. The minimum absolute atomic E-state index is 0.0855. The smallest absolute Gasteiger partial charge is 0.403 e. The number of aryl methyl sites for hydroxylation is 1. The molecule has 0 bridgehead atoms. The molecule has 0 aromatic carbocycles. The molecule has 0 atom stereocenters. The Labute approximate surface area is 84.0 Å². The van der Waals surface area contributed by atoms with Crippen LogP contribution >= 0.6 is 0 Å². The summed E-state index contributed by atoms with van der Waals surface area (Å²) in [6.07, 6.45) is -3.52. The van der Waals surface area contributed by atoms with Crippen LogP contribution in [0.3, 0.4) is 0 Å². The second-order valence-corrected chi connectivity index (χ2v) is 2.86. The molecule has 0 spiro atoms. The Morgan fingerprint density at radius 2 is 2.07 bits per heavy atom. The number of aromatic nitrogens is 1. The van der Waals surface area contributed by atoms with Gasteiger partial charge in [0.2, 0.25) is 0 Å². The maximum Gasteiger partial charge on any atom is 0.573 e. The van der Waals surface area contributed by atoms with Gasteiger partial charge in [-0.3, -0.25) is 4.98 Å². The Morgan fingerprint density at radius 1 is 1.47 bits per heavy atom. The van der Waals surface area contributed by atoms with Crippen molar-refractivity contribution >= 4 is 5.69 Å². The van der Waals surface area contributed by atoms with E-state index in [-0.39, 0.29) is 23.5 Å². The molecule has 0 aliphatic carbocycles. The van der Waals surface area contributed by atoms with Gasteiger partial charge in [0.1, 0.15) is 0 Å². The van der Waals surface area contributed by atoms with E-state index in [4.69, 9.17) is 11.5 Å². The first kappa shape index (κ1) is 11.6. The highest BCUT2D eigenvalue weighted by atomic mass is 19.4. The lowest BCUT2D eigenvalue weighted by Crippen LogP contribution is -2.20. The molecule has 84 valence electrons. The van der Waals surface area contributed by atoms with Crippen molar-refractivity contribution in [3.05, 3.63) is 17.5 Å². The van der Waals surface area contributed by atoms with Crippen molar-refractivity contribution in [2.75, 3.05) is 5.73 Å². The third-order valence-electron chi connectivity index (χ3n) is 1.77. The normalized spacial score (nSPS) is 11.5. The summed E-state index contributed by atoms with van der Waals surface area (Å²) in [4.78, 5) is 3.67. The summed E-state index contributed by atoms with van der Waals surface area (Å²) >= 11 is 0. The number of halogens is 3. The Bertz CT molecular complexity index is 365. The number of nitrogen functional groups attached to an aromatic ring is 1. The molecule has 0 amide bonds. The summed E-state index contributed by atoms with van der Waals surface area (Å²) < 4.78 is 39.9. The highest BCUT2D eigenvalue weighted by Crippen LogP contribution is 2.31. The zero-order valence-corrected chi connectivity index (χ0v) is 7.93. The van der Waals surface area contributed by atoms with Crippen molar-refractivity contribution in [3.8, 4) is 5.75 Å². The minimum Gasteiger partial charge on any atom is -0.403 e. The fraction of sp³-hybridized carbons (Fsp3) is 0.375. The summed E-state index contributed by atoms with van der Waals surface area (Å²) in [5.41, 5.74) is 11.0. The monoisotopic (exact) mass is 221 g/mol. The highest BCUT2D eigenvalue weighted by molar-refractivity contribution is 5.54. The molecule has 0 saturated heterocycles. The SMILES string of the molecule is Cc1ncc(N)c(CN)c1OC(F)(F)F. The van der Waals surface area contributed by atoms with Crippen LogP contribution in [0.5, 0.6) is 5.75 Å². The zero-order valence-electron chi connectivity index (χ0n) is 7.93. The molecular weight excluding hydrogens is 211 g/mol. The van der Waals surface area contributed by atoms with Crippen molar-refractivity contribution in [1.82, 2.24) is 4.98 Å². The van der Waals surface area contributed by atoms with Crippen LogP contribution in [-0.4, -0.2) is 11.3 Å². The molecule has 15 heavy (non-hydrogen) atoms. The second-order valence-electron chi connectivity index (χ2n) is 2.86. The number of hydrogen-bond donors (Lipinski definition) is 2. The van der Waals surface area contributed by atoms with Gasteiger partial charge in [-0.1, -0.05) is 0 Å². The van der Waals surface area contributed by atoms with E-state index in [1.165, 1.54) is 13.1 Å². The van der Waals surface area contributed by atoms with Gasteiger partial charge in [0.25, 0.3) is 0 Å². The molecule has 0 aliphatic heterocycles. The number of pyridine rings is 1. The van der Waals surface area contributed by atoms with E-state index in [0.717, 1.165) is 0 Å². The molecule has 7 heteroatoms. The molecule has 0 unspecified atom stereocenters. The van der Waals surface area contributed by atoms with Crippen LogP contribution in [0.25, 0.3) is 0 Å². The van der Waals surface area contributed by atoms with Crippen molar-refractivity contribution in [1.29, 1.82) is 0 Å². The van der Waals surface area contributed by atoms with Crippen LogP contribution in [0.15, 0.2) is 6.20 Å². The van der Waals surface area contributed by atoms with Crippen LogP contribution < -0.4 is 16.2 Å². The largest absolute Gasteiger partial charge is 0.573 e. The predicted octanol–water partition coefficient (Wildman–Crippen LogP) is 1.33. The fourth-order valence-electron chi connectivity index (χ4n) is 1.11. The van der Waals surface area contributed by atoms with E-state index in [1.807, 2.05) is 0 Å². The minimum atomic E-state index is -4.77. The number of ether oxygens (including phenoxy) is 1. The second kappa shape index (κ2) is 3.93. The number of nitrogens with zero attached hydrogens (tertiary/aromatic N) is 1. The van der Waals surface area contributed by atoms with E-state index < -0.39 is 12.1 Å². The van der Waals surface area contributed by atoms with Gasteiger partial charge in [0.05, 0.1) is 17.6 Å². The number of anilines is 1. The van der Waals surface area contributed by atoms with E-state index in [0.29, 0.717) is 0 Å². The van der Waals surface area contributed by atoms with E-state index >= 15 is 0 Å². The number of alkyl halides is 3. The molecule has 0 aliphatic rings. The van der Waals surface area contributed by atoms with Gasteiger partial charge in [-0.05, 0) is 6.92 Å². The molecule has 4 N–H and O–H groups in total. The third kappa shape index (κ3) is 2.72. The van der Waals surface area contributed by atoms with Gasteiger partial charge in [-0.15, -0.1) is 13.2 Å². The first-order chi connectivity index (χ1) is 6.85.